The van der Waals surface area contributed by atoms with Gasteiger partial charge in [-0.25, -0.2) is 9.97 Å². The van der Waals surface area contributed by atoms with Crippen molar-refractivity contribution in [1.29, 1.82) is 0 Å². The Kier molecular flexibility index (Phi) is 5.66. The van der Waals surface area contributed by atoms with Crippen molar-refractivity contribution < 1.29 is 0 Å². The van der Waals surface area contributed by atoms with E-state index in [9.17, 15) is 0 Å². The van der Waals surface area contributed by atoms with E-state index in [4.69, 9.17) is 16.6 Å². The number of piperidine rings is 1. The maximum absolute atomic E-state index is 6.45. The zero-order valence-corrected chi connectivity index (χ0v) is 15.9. The zero-order valence-electron chi connectivity index (χ0n) is 15.1. The second-order valence-electron chi connectivity index (χ2n) is 7.55. The minimum absolute atomic E-state index is 0.456. The molecule has 1 aromatic carbocycles. The van der Waals surface area contributed by atoms with Crippen LogP contribution in [0.15, 0.2) is 48.9 Å². The van der Waals surface area contributed by atoms with Crippen molar-refractivity contribution in [1.82, 2.24) is 14.9 Å². The van der Waals surface area contributed by atoms with E-state index in [1.165, 1.54) is 45.2 Å². The first-order valence-electron chi connectivity index (χ1n) is 9.73. The molecule has 136 valence electrons. The number of aromatic nitrogens is 2. The van der Waals surface area contributed by atoms with E-state index in [1.54, 1.807) is 6.33 Å². The number of rotatable bonds is 4. The van der Waals surface area contributed by atoms with Gasteiger partial charge >= 0.3 is 0 Å². The van der Waals surface area contributed by atoms with Crippen LogP contribution in [0.3, 0.4) is 0 Å². The largest absolute Gasteiger partial charge is 0.302 e. The third kappa shape index (κ3) is 3.99. The molecule has 0 amide bonds. The van der Waals surface area contributed by atoms with Gasteiger partial charge in [0, 0.05) is 41.4 Å². The average molecular weight is 368 g/mol. The van der Waals surface area contributed by atoms with Crippen LogP contribution in [0.5, 0.6) is 0 Å². The van der Waals surface area contributed by atoms with Crippen LogP contribution < -0.4 is 0 Å². The lowest BCUT2D eigenvalue weighted by Gasteiger charge is -2.35. The van der Waals surface area contributed by atoms with E-state index in [-0.39, 0.29) is 0 Å². The topological polar surface area (TPSA) is 29.0 Å². The maximum Gasteiger partial charge on any atom is 0.115 e. The van der Waals surface area contributed by atoms with E-state index in [1.807, 2.05) is 24.4 Å². The third-order valence-electron chi connectivity index (χ3n) is 5.69. The highest BCUT2D eigenvalue weighted by Crippen LogP contribution is 2.36. The van der Waals surface area contributed by atoms with Gasteiger partial charge in [-0.1, -0.05) is 42.0 Å². The van der Waals surface area contributed by atoms with Crippen LogP contribution in [0.4, 0.5) is 0 Å². The summed E-state index contributed by atoms with van der Waals surface area (Å²) >= 11 is 6.45. The molecule has 2 atom stereocenters. The fourth-order valence-corrected chi connectivity index (χ4v) is 4.62. The predicted octanol–water partition coefficient (Wildman–Crippen LogP) is 5.33. The van der Waals surface area contributed by atoms with Gasteiger partial charge in [0.1, 0.15) is 6.33 Å². The highest BCUT2D eigenvalue weighted by Gasteiger charge is 2.26. The number of hydrogen-bond acceptors (Lipinski definition) is 3. The second kappa shape index (κ2) is 8.32. The standard InChI is InChI=1S/C22H26ClN3/c23-21-11-5-4-10-19(21)20-13-24-16-25-22(20)18-9-6-12-26(15-18)14-17-7-2-1-3-8-17/h1-2,4-5,10-11,13,16-18H,3,6-9,12,14-15H2. The Labute approximate surface area is 161 Å². The third-order valence-corrected chi connectivity index (χ3v) is 6.02. The van der Waals surface area contributed by atoms with E-state index < -0.39 is 0 Å². The number of hydrogen-bond donors (Lipinski definition) is 0. The van der Waals surface area contributed by atoms with Crippen molar-refractivity contribution in [2.24, 2.45) is 5.92 Å². The highest BCUT2D eigenvalue weighted by molar-refractivity contribution is 6.33. The van der Waals surface area contributed by atoms with Gasteiger partial charge in [-0.3, -0.25) is 0 Å². The Bertz CT molecular complexity index is 773. The van der Waals surface area contributed by atoms with Crippen molar-refractivity contribution >= 4 is 11.6 Å². The summed E-state index contributed by atoms with van der Waals surface area (Å²) in [5.41, 5.74) is 3.28. The van der Waals surface area contributed by atoms with Crippen molar-refractivity contribution in [2.45, 2.75) is 38.0 Å². The maximum atomic E-state index is 6.45. The first-order valence-corrected chi connectivity index (χ1v) is 10.1. The minimum Gasteiger partial charge on any atom is -0.302 e. The molecule has 1 saturated heterocycles. The Balaban J connectivity index is 1.54. The van der Waals surface area contributed by atoms with Crippen molar-refractivity contribution in [3.05, 3.63) is 59.7 Å². The van der Waals surface area contributed by atoms with Gasteiger partial charge in [0.2, 0.25) is 0 Å². The second-order valence-corrected chi connectivity index (χ2v) is 7.96. The van der Waals surface area contributed by atoms with Crippen molar-refractivity contribution in [2.75, 3.05) is 19.6 Å². The summed E-state index contributed by atoms with van der Waals surface area (Å²) in [7, 11) is 0. The monoisotopic (exact) mass is 367 g/mol. The molecule has 0 saturated carbocycles. The van der Waals surface area contributed by atoms with Crippen LogP contribution in [-0.4, -0.2) is 34.5 Å². The Morgan fingerprint density at radius 3 is 2.88 bits per heavy atom. The molecule has 0 spiro atoms. The number of likely N-dealkylation sites (tertiary alicyclic amines) is 1. The number of allylic oxidation sites excluding steroid dienone is 2. The fourth-order valence-electron chi connectivity index (χ4n) is 4.38. The van der Waals surface area contributed by atoms with Crippen LogP contribution >= 0.6 is 11.6 Å². The van der Waals surface area contributed by atoms with Crippen LogP contribution in [0, 0.1) is 5.92 Å². The molecule has 1 aliphatic heterocycles. The Hall–Kier alpha value is -1.71. The van der Waals surface area contributed by atoms with Crippen LogP contribution in [-0.2, 0) is 0 Å². The molecule has 1 aromatic heterocycles. The fraction of sp³-hybridized carbons (Fsp3) is 0.455. The lowest BCUT2D eigenvalue weighted by molar-refractivity contribution is 0.173. The molecular formula is C22H26ClN3. The molecule has 3 nitrogen and oxygen atoms in total. The molecule has 2 heterocycles. The van der Waals surface area contributed by atoms with Gasteiger partial charge in [-0.15, -0.1) is 0 Å². The Morgan fingerprint density at radius 1 is 1.12 bits per heavy atom. The van der Waals surface area contributed by atoms with Gasteiger partial charge in [-0.05, 0) is 50.6 Å². The predicted molar refractivity (Wildman–Crippen MR) is 107 cm³/mol. The summed E-state index contributed by atoms with van der Waals surface area (Å²) in [6.07, 6.45) is 14.5. The van der Waals surface area contributed by atoms with E-state index >= 15 is 0 Å². The molecule has 2 aromatic rings. The number of benzene rings is 1. The quantitative estimate of drug-likeness (QED) is 0.683. The molecule has 4 rings (SSSR count). The van der Waals surface area contributed by atoms with Gasteiger partial charge in [0.05, 0.1) is 5.69 Å². The van der Waals surface area contributed by atoms with Gasteiger partial charge in [-0.2, -0.15) is 0 Å². The van der Waals surface area contributed by atoms with Gasteiger partial charge < -0.3 is 4.90 Å². The molecule has 1 aliphatic carbocycles. The lowest BCUT2D eigenvalue weighted by Crippen LogP contribution is -2.38. The SMILES string of the molecule is Clc1ccccc1-c1cncnc1C1CCCN(CC2CC=CCC2)C1. The molecule has 2 aliphatic rings. The van der Waals surface area contributed by atoms with Crippen LogP contribution in [0.1, 0.15) is 43.7 Å². The van der Waals surface area contributed by atoms with Gasteiger partial charge in [0.15, 0.2) is 0 Å². The summed E-state index contributed by atoms with van der Waals surface area (Å²) < 4.78 is 0. The molecule has 26 heavy (non-hydrogen) atoms. The lowest BCUT2D eigenvalue weighted by atomic mass is 9.88. The average Bonchev–Trinajstić information content (AvgIpc) is 2.69. The van der Waals surface area contributed by atoms with Crippen LogP contribution in [0.25, 0.3) is 11.1 Å². The summed E-state index contributed by atoms with van der Waals surface area (Å²) in [6, 6.07) is 8.01. The van der Waals surface area contributed by atoms with Crippen molar-refractivity contribution in [3.63, 3.8) is 0 Å². The van der Waals surface area contributed by atoms with E-state index in [2.05, 4.69) is 28.1 Å². The summed E-state index contributed by atoms with van der Waals surface area (Å²) in [5.74, 6) is 1.27. The van der Waals surface area contributed by atoms with Crippen molar-refractivity contribution in [3.8, 4) is 11.1 Å². The number of halogens is 1. The molecular weight excluding hydrogens is 342 g/mol. The minimum atomic E-state index is 0.456. The summed E-state index contributed by atoms with van der Waals surface area (Å²) in [5, 5.41) is 0.769. The number of nitrogens with zero attached hydrogens (tertiary/aromatic N) is 3. The molecule has 4 heteroatoms. The Morgan fingerprint density at radius 2 is 2.04 bits per heavy atom. The molecule has 0 bridgehead atoms. The zero-order chi connectivity index (χ0) is 17.8. The first kappa shape index (κ1) is 17.7. The smallest absolute Gasteiger partial charge is 0.115 e. The molecule has 1 fully saturated rings. The van der Waals surface area contributed by atoms with Crippen LogP contribution in [0.2, 0.25) is 5.02 Å². The summed E-state index contributed by atoms with van der Waals surface area (Å²) in [4.78, 5) is 11.6. The highest BCUT2D eigenvalue weighted by atomic mass is 35.5. The van der Waals surface area contributed by atoms with E-state index in [0.717, 1.165) is 34.3 Å². The molecule has 0 N–H and O–H groups in total. The first-order chi connectivity index (χ1) is 12.8. The molecule has 2 unspecified atom stereocenters. The van der Waals surface area contributed by atoms with Gasteiger partial charge in [0.25, 0.3) is 0 Å². The summed E-state index contributed by atoms with van der Waals surface area (Å²) in [6.45, 7) is 3.52. The normalized spacial score (nSPS) is 23.9. The molecule has 0 radical (unpaired) electrons. The van der Waals surface area contributed by atoms with E-state index in [0.29, 0.717) is 5.92 Å².